The molecule has 2 N–H and O–H groups in total. The zero-order valence-corrected chi connectivity index (χ0v) is 13.6. The molecule has 0 atom stereocenters. The molecule has 0 aliphatic rings. The van der Waals surface area contributed by atoms with Crippen molar-refractivity contribution in [3.63, 3.8) is 0 Å². The number of imidazole rings is 1. The highest BCUT2D eigenvalue weighted by atomic mass is 16.5. The first-order chi connectivity index (χ1) is 12.2. The third-order valence-electron chi connectivity index (χ3n) is 3.32. The fourth-order valence-electron chi connectivity index (χ4n) is 2.12. The summed E-state index contributed by atoms with van der Waals surface area (Å²) in [6.07, 6.45) is 6.35. The maximum Gasteiger partial charge on any atom is 0.324 e. The number of aromatic nitrogens is 4. The number of benzene rings is 1. The maximum absolute atomic E-state index is 12.2. The van der Waals surface area contributed by atoms with Crippen molar-refractivity contribution in [3.05, 3.63) is 49.3 Å². The van der Waals surface area contributed by atoms with Crippen molar-refractivity contribution in [3.8, 4) is 17.3 Å². The van der Waals surface area contributed by atoms with Gasteiger partial charge in [-0.05, 0) is 12.1 Å². The Bertz CT molecular complexity index is 866. The number of amides is 2. The lowest BCUT2D eigenvalue weighted by molar-refractivity contribution is 0.262. The first-order valence-electron chi connectivity index (χ1n) is 7.30. The summed E-state index contributed by atoms with van der Waals surface area (Å²) in [4.78, 5) is 24.3. The van der Waals surface area contributed by atoms with Crippen LogP contribution in [0.25, 0.3) is 5.82 Å². The van der Waals surface area contributed by atoms with Crippen LogP contribution in [0, 0.1) is 0 Å². The van der Waals surface area contributed by atoms with Crippen LogP contribution in [0.5, 0.6) is 11.5 Å². The molecule has 0 saturated carbocycles. The molecule has 9 heteroatoms. The highest BCUT2D eigenvalue weighted by molar-refractivity contribution is 6.00. The van der Waals surface area contributed by atoms with Crippen LogP contribution in [-0.4, -0.2) is 39.8 Å². The predicted molar refractivity (Wildman–Crippen MR) is 91.3 cm³/mol. The summed E-state index contributed by atoms with van der Waals surface area (Å²) >= 11 is 0. The fourth-order valence-corrected chi connectivity index (χ4v) is 2.12. The number of methoxy groups -OCH3 is 2. The lowest BCUT2D eigenvalue weighted by Gasteiger charge is -2.12. The molecule has 0 radical (unpaired) electrons. The number of urea groups is 1. The molecule has 128 valence electrons. The number of nitrogens with one attached hydrogen (secondary N) is 2. The summed E-state index contributed by atoms with van der Waals surface area (Å²) in [6.45, 7) is 0. The smallest absolute Gasteiger partial charge is 0.324 e. The molecule has 2 heterocycles. The van der Waals surface area contributed by atoms with E-state index in [0.717, 1.165) is 0 Å². The summed E-state index contributed by atoms with van der Waals surface area (Å²) in [6, 6.07) is 6.26. The van der Waals surface area contributed by atoms with Gasteiger partial charge < -0.3 is 14.8 Å². The largest absolute Gasteiger partial charge is 0.497 e. The van der Waals surface area contributed by atoms with Crippen molar-refractivity contribution in [2.24, 2.45) is 0 Å². The molecule has 0 spiro atoms. The Labute approximate surface area is 143 Å². The molecule has 1 aromatic carbocycles. The quantitative estimate of drug-likeness (QED) is 0.739. The second-order valence-corrected chi connectivity index (χ2v) is 4.88. The third-order valence-corrected chi connectivity index (χ3v) is 3.32. The Balaban J connectivity index is 1.72. The molecule has 9 nitrogen and oxygen atoms in total. The van der Waals surface area contributed by atoms with Crippen LogP contribution in [0.2, 0.25) is 0 Å². The zero-order valence-electron chi connectivity index (χ0n) is 13.6. The number of rotatable bonds is 5. The van der Waals surface area contributed by atoms with Crippen molar-refractivity contribution < 1.29 is 14.3 Å². The van der Waals surface area contributed by atoms with E-state index in [9.17, 15) is 4.79 Å². The summed E-state index contributed by atoms with van der Waals surface area (Å²) in [5.41, 5.74) is 0.504. The van der Waals surface area contributed by atoms with Crippen molar-refractivity contribution in [2.45, 2.75) is 0 Å². The standard InChI is InChI=1S/C16H16N6O3/c1-24-11-3-4-12(13(7-11)25-2)20-16(23)21-14-8-15(19-9-18-14)22-6-5-17-10-22/h3-10H,1-2H3,(H2,18,19,20,21,23). The second kappa shape index (κ2) is 7.30. The molecule has 0 aliphatic carbocycles. The van der Waals surface area contributed by atoms with Gasteiger partial charge in [0, 0.05) is 24.5 Å². The molecule has 0 saturated heterocycles. The predicted octanol–water partition coefficient (Wildman–Crippen LogP) is 2.32. The Morgan fingerprint density at radius 2 is 2.00 bits per heavy atom. The Hall–Kier alpha value is -3.62. The summed E-state index contributed by atoms with van der Waals surface area (Å²) < 4.78 is 12.1. The molecule has 0 fully saturated rings. The van der Waals surface area contributed by atoms with Gasteiger partial charge >= 0.3 is 6.03 Å². The van der Waals surface area contributed by atoms with Gasteiger partial charge in [-0.1, -0.05) is 0 Å². The monoisotopic (exact) mass is 340 g/mol. The molecular formula is C16H16N6O3. The van der Waals surface area contributed by atoms with E-state index in [1.54, 1.807) is 54.7 Å². The fraction of sp³-hybridized carbons (Fsp3) is 0.125. The van der Waals surface area contributed by atoms with E-state index in [2.05, 4.69) is 25.6 Å². The normalized spacial score (nSPS) is 10.2. The SMILES string of the molecule is COc1ccc(NC(=O)Nc2cc(-n3ccnc3)ncn2)c(OC)c1. The lowest BCUT2D eigenvalue weighted by Crippen LogP contribution is -2.20. The number of hydrogen-bond acceptors (Lipinski definition) is 6. The lowest BCUT2D eigenvalue weighted by atomic mass is 10.2. The van der Waals surface area contributed by atoms with Gasteiger partial charge in [0.15, 0.2) is 0 Å². The van der Waals surface area contributed by atoms with Crippen molar-refractivity contribution in [1.82, 2.24) is 19.5 Å². The summed E-state index contributed by atoms with van der Waals surface area (Å²) in [7, 11) is 3.07. The van der Waals surface area contributed by atoms with E-state index in [0.29, 0.717) is 28.8 Å². The van der Waals surface area contributed by atoms with E-state index >= 15 is 0 Å². The highest BCUT2D eigenvalue weighted by Crippen LogP contribution is 2.29. The number of hydrogen-bond donors (Lipinski definition) is 2. The first kappa shape index (κ1) is 16.2. The number of carbonyl (C=O) groups is 1. The van der Waals surface area contributed by atoms with Crippen molar-refractivity contribution in [2.75, 3.05) is 24.9 Å². The minimum atomic E-state index is -0.459. The number of anilines is 2. The second-order valence-electron chi connectivity index (χ2n) is 4.88. The minimum Gasteiger partial charge on any atom is -0.497 e. The topological polar surface area (TPSA) is 103 Å². The van der Waals surface area contributed by atoms with Gasteiger partial charge in [-0.25, -0.2) is 19.7 Å². The van der Waals surface area contributed by atoms with Gasteiger partial charge in [0.05, 0.1) is 19.9 Å². The third kappa shape index (κ3) is 3.83. The molecule has 25 heavy (non-hydrogen) atoms. The zero-order chi connectivity index (χ0) is 17.6. The van der Waals surface area contributed by atoms with Crippen LogP contribution < -0.4 is 20.1 Å². The Morgan fingerprint density at radius 3 is 2.72 bits per heavy atom. The summed E-state index contributed by atoms with van der Waals surface area (Å²) in [5, 5.41) is 5.36. The Morgan fingerprint density at radius 1 is 1.12 bits per heavy atom. The molecule has 0 bridgehead atoms. The van der Waals surface area contributed by atoms with Crippen LogP contribution in [0.3, 0.4) is 0 Å². The van der Waals surface area contributed by atoms with Gasteiger partial charge in [-0.3, -0.25) is 9.88 Å². The van der Waals surface area contributed by atoms with Gasteiger partial charge in [0.1, 0.15) is 35.8 Å². The summed E-state index contributed by atoms with van der Waals surface area (Å²) in [5.74, 6) is 2.05. The van der Waals surface area contributed by atoms with Crippen molar-refractivity contribution in [1.29, 1.82) is 0 Å². The average Bonchev–Trinajstić information content (AvgIpc) is 3.17. The average molecular weight is 340 g/mol. The van der Waals surface area contributed by atoms with Crippen LogP contribution in [0.4, 0.5) is 16.3 Å². The van der Waals surface area contributed by atoms with Crippen LogP contribution in [0.1, 0.15) is 0 Å². The number of ether oxygens (including phenoxy) is 2. The van der Waals surface area contributed by atoms with E-state index in [-0.39, 0.29) is 0 Å². The van der Waals surface area contributed by atoms with Crippen LogP contribution in [0.15, 0.2) is 49.3 Å². The van der Waals surface area contributed by atoms with Crippen LogP contribution in [-0.2, 0) is 0 Å². The minimum absolute atomic E-state index is 0.351. The Kier molecular flexibility index (Phi) is 4.74. The first-order valence-corrected chi connectivity index (χ1v) is 7.30. The van der Waals surface area contributed by atoms with Gasteiger partial charge in [-0.15, -0.1) is 0 Å². The highest BCUT2D eigenvalue weighted by Gasteiger charge is 2.10. The number of carbonyl (C=O) groups excluding carboxylic acids is 1. The molecule has 3 rings (SSSR count). The number of nitrogens with zero attached hydrogens (tertiary/aromatic N) is 4. The maximum atomic E-state index is 12.2. The van der Waals surface area contributed by atoms with Gasteiger partial charge in [-0.2, -0.15) is 0 Å². The molecule has 0 aliphatic heterocycles. The van der Waals surface area contributed by atoms with E-state index in [1.807, 2.05) is 0 Å². The molecule has 3 aromatic rings. The van der Waals surface area contributed by atoms with Crippen molar-refractivity contribution >= 4 is 17.5 Å². The van der Waals surface area contributed by atoms with E-state index in [1.165, 1.54) is 13.4 Å². The van der Waals surface area contributed by atoms with E-state index in [4.69, 9.17) is 9.47 Å². The molecular weight excluding hydrogens is 324 g/mol. The van der Waals surface area contributed by atoms with Gasteiger partial charge in [0.2, 0.25) is 0 Å². The molecule has 2 amide bonds. The van der Waals surface area contributed by atoms with Crippen LogP contribution >= 0.6 is 0 Å². The molecule has 2 aromatic heterocycles. The van der Waals surface area contributed by atoms with E-state index < -0.39 is 6.03 Å². The molecule has 0 unspecified atom stereocenters. The van der Waals surface area contributed by atoms with Gasteiger partial charge in [0.25, 0.3) is 0 Å².